The van der Waals surface area contributed by atoms with E-state index in [9.17, 15) is 4.79 Å². The highest BCUT2D eigenvalue weighted by Gasteiger charge is 2.19. The van der Waals surface area contributed by atoms with Crippen molar-refractivity contribution in [3.05, 3.63) is 78.0 Å². The number of para-hydroxylation sites is 1. The van der Waals surface area contributed by atoms with Crippen LogP contribution in [0, 0.1) is 6.92 Å². The molecule has 0 spiro atoms. The number of carbonyl (C=O) groups is 1. The van der Waals surface area contributed by atoms with Gasteiger partial charge in [0.2, 0.25) is 0 Å². The number of rotatable bonds is 5. The molecule has 2 aromatic carbocycles. The number of hydrogen-bond acceptors (Lipinski definition) is 4. The summed E-state index contributed by atoms with van der Waals surface area (Å²) in [5.74, 6) is 0.956. The fourth-order valence-electron chi connectivity index (χ4n) is 3.19. The van der Waals surface area contributed by atoms with E-state index in [4.69, 9.17) is 4.74 Å². The van der Waals surface area contributed by atoms with Gasteiger partial charge in [-0.1, -0.05) is 35.9 Å². The number of nitrogens with one attached hydrogen (secondary N) is 1. The third-order valence-corrected chi connectivity index (χ3v) is 4.61. The second-order valence-corrected chi connectivity index (χ2v) is 6.58. The van der Waals surface area contributed by atoms with Gasteiger partial charge in [-0.25, -0.2) is 4.98 Å². The van der Waals surface area contributed by atoms with Crippen LogP contribution in [0.3, 0.4) is 0 Å². The molecule has 1 aliphatic heterocycles. The van der Waals surface area contributed by atoms with Gasteiger partial charge < -0.3 is 15.0 Å². The summed E-state index contributed by atoms with van der Waals surface area (Å²) in [5.41, 5.74) is 4.75. The summed E-state index contributed by atoms with van der Waals surface area (Å²) in [6.45, 7) is 2.90. The standard InChI is InChI=1S/C22H21N3O2/c1-16-6-9-19(10-7-16)27-15-22(26)24-21-11-8-18(14-23-21)25-13-12-17-4-2-3-5-20(17)25/h2-11,14H,12-13,15H2,1H3,(H,23,24,26). The molecule has 0 saturated heterocycles. The van der Waals surface area contributed by atoms with E-state index in [2.05, 4.69) is 33.4 Å². The summed E-state index contributed by atoms with van der Waals surface area (Å²) in [6, 6.07) is 19.8. The number of anilines is 3. The van der Waals surface area contributed by atoms with Crippen molar-refractivity contribution in [2.45, 2.75) is 13.3 Å². The quantitative estimate of drug-likeness (QED) is 0.745. The molecule has 5 heteroatoms. The topological polar surface area (TPSA) is 54.5 Å². The normalized spacial score (nSPS) is 12.6. The van der Waals surface area contributed by atoms with Crippen molar-refractivity contribution >= 4 is 23.1 Å². The Labute approximate surface area is 158 Å². The third kappa shape index (κ3) is 3.92. The number of amides is 1. The molecule has 1 amide bonds. The summed E-state index contributed by atoms with van der Waals surface area (Å²) in [6.07, 6.45) is 2.82. The molecule has 27 heavy (non-hydrogen) atoms. The van der Waals surface area contributed by atoms with Gasteiger partial charge in [0.05, 0.1) is 11.9 Å². The lowest BCUT2D eigenvalue weighted by molar-refractivity contribution is -0.118. The van der Waals surface area contributed by atoms with Crippen molar-refractivity contribution in [2.75, 3.05) is 23.4 Å². The zero-order valence-electron chi connectivity index (χ0n) is 15.2. The van der Waals surface area contributed by atoms with Crippen LogP contribution in [0.2, 0.25) is 0 Å². The molecule has 0 saturated carbocycles. The maximum Gasteiger partial charge on any atom is 0.263 e. The van der Waals surface area contributed by atoms with Crippen molar-refractivity contribution in [1.29, 1.82) is 0 Å². The molecule has 0 aliphatic carbocycles. The zero-order valence-corrected chi connectivity index (χ0v) is 15.2. The van der Waals surface area contributed by atoms with E-state index in [1.54, 1.807) is 6.20 Å². The second kappa shape index (κ2) is 7.50. The molecule has 2 heterocycles. The van der Waals surface area contributed by atoms with Crippen LogP contribution in [-0.2, 0) is 11.2 Å². The predicted molar refractivity (Wildman–Crippen MR) is 107 cm³/mol. The SMILES string of the molecule is Cc1ccc(OCC(=O)Nc2ccc(N3CCc4ccccc43)cn2)cc1. The largest absolute Gasteiger partial charge is 0.484 e. The van der Waals surface area contributed by atoms with Gasteiger partial charge in [-0.05, 0) is 49.2 Å². The first kappa shape index (κ1) is 17.1. The molecule has 4 rings (SSSR count). The first-order valence-electron chi connectivity index (χ1n) is 9.00. The smallest absolute Gasteiger partial charge is 0.263 e. The summed E-state index contributed by atoms with van der Waals surface area (Å²) in [7, 11) is 0. The fraction of sp³-hybridized carbons (Fsp3) is 0.182. The number of ether oxygens (including phenoxy) is 1. The molecule has 136 valence electrons. The highest BCUT2D eigenvalue weighted by molar-refractivity contribution is 5.91. The number of hydrogen-bond donors (Lipinski definition) is 1. The van der Waals surface area contributed by atoms with Crippen molar-refractivity contribution in [3.63, 3.8) is 0 Å². The molecular formula is C22H21N3O2. The second-order valence-electron chi connectivity index (χ2n) is 6.58. The maximum atomic E-state index is 12.1. The molecule has 1 aliphatic rings. The molecule has 0 unspecified atom stereocenters. The average Bonchev–Trinajstić information content (AvgIpc) is 3.12. The van der Waals surface area contributed by atoms with Gasteiger partial charge in [-0.15, -0.1) is 0 Å². The average molecular weight is 359 g/mol. The molecule has 0 atom stereocenters. The number of carbonyl (C=O) groups excluding carboxylic acids is 1. The van der Waals surface area contributed by atoms with E-state index < -0.39 is 0 Å². The van der Waals surface area contributed by atoms with E-state index >= 15 is 0 Å². The minimum Gasteiger partial charge on any atom is -0.484 e. The monoisotopic (exact) mass is 359 g/mol. The Kier molecular flexibility index (Phi) is 4.75. The number of fused-ring (bicyclic) bond motifs is 1. The first-order valence-corrected chi connectivity index (χ1v) is 9.00. The highest BCUT2D eigenvalue weighted by atomic mass is 16.5. The van der Waals surface area contributed by atoms with E-state index in [0.29, 0.717) is 11.6 Å². The van der Waals surface area contributed by atoms with E-state index in [-0.39, 0.29) is 12.5 Å². The number of aryl methyl sites for hydroxylation is 1. The molecule has 5 nitrogen and oxygen atoms in total. The van der Waals surface area contributed by atoms with E-state index in [0.717, 1.165) is 24.2 Å². The van der Waals surface area contributed by atoms with Crippen molar-refractivity contribution in [1.82, 2.24) is 4.98 Å². The Balaban J connectivity index is 1.35. The molecule has 0 radical (unpaired) electrons. The van der Waals surface area contributed by atoms with Gasteiger partial charge >= 0.3 is 0 Å². The Hall–Kier alpha value is -3.34. The van der Waals surface area contributed by atoms with E-state index in [1.165, 1.54) is 11.3 Å². The minimum absolute atomic E-state index is 0.0496. The minimum atomic E-state index is -0.234. The zero-order chi connectivity index (χ0) is 18.6. The van der Waals surface area contributed by atoms with Gasteiger partial charge in [-0.3, -0.25) is 4.79 Å². The number of aromatic nitrogens is 1. The predicted octanol–water partition coefficient (Wildman–Crippen LogP) is 4.10. The lowest BCUT2D eigenvalue weighted by atomic mass is 10.2. The maximum absolute atomic E-state index is 12.1. The van der Waals surface area contributed by atoms with Crippen LogP contribution < -0.4 is 15.0 Å². The van der Waals surface area contributed by atoms with E-state index in [1.807, 2.05) is 49.4 Å². The van der Waals surface area contributed by atoms with Crippen LogP contribution >= 0.6 is 0 Å². The number of benzene rings is 2. The van der Waals surface area contributed by atoms with Gasteiger partial charge in [0.1, 0.15) is 11.6 Å². The van der Waals surface area contributed by atoms with Crippen LogP contribution in [0.1, 0.15) is 11.1 Å². The van der Waals surface area contributed by atoms with Gasteiger partial charge in [0, 0.05) is 12.2 Å². The number of pyridine rings is 1. The van der Waals surface area contributed by atoms with Crippen molar-refractivity contribution < 1.29 is 9.53 Å². The van der Waals surface area contributed by atoms with Crippen LogP contribution in [-0.4, -0.2) is 24.0 Å². The third-order valence-electron chi connectivity index (χ3n) is 4.61. The van der Waals surface area contributed by atoms with Gasteiger partial charge in [0.15, 0.2) is 6.61 Å². The fourth-order valence-corrected chi connectivity index (χ4v) is 3.19. The van der Waals surface area contributed by atoms with Crippen LogP contribution in [0.15, 0.2) is 66.9 Å². The number of nitrogens with zero attached hydrogens (tertiary/aromatic N) is 2. The van der Waals surface area contributed by atoms with Crippen molar-refractivity contribution in [2.24, 2.45) is 0 Å². The molecular weight excluding hydrogens is 338 g/mol. The first-order chi connectivity index (χ1) is 13.2. The van der Waals surface area contributed by atoms with Crippen LogP contribution in [0.25, 0.3) is 0 Å². The van der Waals surface area contributed by atoms with Gasteiger partial charge in [-0.2, -0.15) is 0 Å². The lowest BCUT2D eigenvalue weighted by Crippen LogP contribution is -2.21. The summed E-state index contributed by atoms with van der Waals surface area (Å²) in [4.78, 5) is 18.7. The van der Waals surface area contributed by atoms with Gasteiger partial charge in [0.25, 0.3) is 5.91 Å². The molecule has 1 aromatic heterocycles. The van der Waals surface area contributed by atoms with Crippen molar-refractivity contribution in [3.8, 4) is 5.75 Å². The Morgan fingerprint density at radius 1 is 1.11 bits per heavy atom. The lowest BCUT2D eigenvalue weighted by Gasteiger charge is -2.19. The summed E-state index contributed by atoms with van der Waals surface area (Å²) < 4.78 is 5.49. The Morgan fingerprint density at radius 2 is 1.93 bits per heavy atom. The Bertz CT molecular complexity index is 937. The molecule has 0 bridgehead atoms. The summed E-state index contributed by atoms with van der Waals surface area (Å²) in [5, 5.41) is 2.77. The highest BCUT2D eigenvalue weighted by Crippen LogP contribution is 2.33. The Morgan fingerprint density at radius 3 is 2.70 bits per heavy atom. The molecule has 1 N–H and O–H groups in total. The molecule has 0 fully saturated rings. The molecule has 3 aromatic rings. The van der Waals surface area contributed by atoms with Crippen LogP contribution in [0.4, 0.5) is 17.2 Å². The summed E-state index contributed by atoms with van der Waals surface area (Å²) >= 11 is 0. The van der Waals surface area contributed by atoms with Crippen LogP contribution in [0.5, 0.6) is 5.75 Å².